The lowest BCUT2D eigenvalue weighted by molar-refractivity contribution is -0.167. The summed E-state index contributed by atoms with van der Waals surface area (Å²) in [5.41, 5.74) is 0. The monoisotopic (exact) mass is 256 g/mol. The Balaban J connectivity index is 2.00. The fraction of sp³-hybridized carbons (Fsp3) is 0.833. The Morgan fingerprint density at radius 3 is 2.94 bits per heavy atom. The number of hydrogen-bond acceptors (Lipinski definition) is 4. The van der Waals surface area contributed by atoms with E-state index >= 15 is 0 Å². The van der Waals surface area contributed by atoms with Crippen molar-refractivity contribution in [3.8, 4) is 0 Å². The van der Waals surface area contributed by atoms with Gasteiger partial charge in [-0.2, -0.15) is 0 Å². The zero-order chi connectivity index (χ0) is 13.1. The molecule has 0 radical (unpaired) electrons. The molecule has 1 amide bonds. The molecule has 0 bridgehead atoms. The van der Waals surface area contributed by atoms with Gasteiger partial charge in [0.2, 0.25) is 5.91 Å². The van der Waals surface area contributed by atoms with Gasteiger partial charge in [0.1, 0.15) is 6.61 Å². The summed E-state index contributed by atoms with van der Waals surface area (Å²) < 4.78 is 5.02. The van der Waals surface area contributed by atoms with Gasteiger partial charge in [-0.3, -0.25) is 4.79 Å². The maximum atomic E-state index is 11.8. The Morgan fingerprint density at radius 2 is 2.28 bits per heavy atom. The first-order chi connectivity index (χ1) is 8.61. The van der Waals surface area contributed by atoms with E-state index in [0.717, 1.165) is 32.5 Å². The van der Waals surface area contributed by atoms with Crippen molar-refractivity contribution in [1.82, 2.24) is 9.80 Å². The number of morpholine rings is 1. The molecule has 0 aromatic carbocycles. The van der Waals surface area contributed by atoms with Crippen LogP contribution in [0.2, 0.25) is 0 Å². The van der Waals surface area contributed by atoms with Crippen LogP contribution in [-0.4, -0.2) is 71.7 Å². The largest absolute Gasteiger partial charge is 0.479 e. The summed E-state index contributed by atoms with van der Waals surface area (Å²) in [5.74, 6) is -1.08. The van der Waals surface area contributed by atoms with E-state index in [-0.39, 0.29) is 25.1 Å². The first kappa shape index (κ1) is 13.3. The summed E-state index contributed by atoms with van der Waals surface area (Å²) in [6, 6.07) is 0.136. The molecule has 102 valence electrons. The highest BCUT2D eigenvalue weighted by molar-refractivity contribution is 5.81. The second-order valence-corrected chi connectivity index (χ2v) is 4.87. The van der Waals surface area contributed by atoms with Crippen LogP contribution >= 0.6 is 0 Å². The molecule has 0 saturated carbocycles. The summed E-state index contributed by atoms with van der Waals surface area (Å²) >= 11 is 0. The van der Waals surface area contributed by atoms with E-state index in [2.05, 4.69) is 11.8 Å². The van der Waals surface area contributed by atoms with Crippen LogP contribution in [0.25, 0.3) is 0 Å². The lowest BCUT2D eigenvalue weighted by Gasteiger charge is -2.41. The fourth-order valence-corrected chi connectivity index (χ4v) is 2.66. The Morgan fingerprint density at radius 1 is 1.50 bits per heavy atom. The fourth-order valence-electron chi connectivity index (χ4n) is 2.66. The smallest absolute Gasteiger partial charge is 0.334 e. The molecule has 0 aromatic heterocycles. The van der Waals surface area contributed by atoms with Crippen LogP contribution in [0.5, 0.6) is 0 Å². The van der Waals surface area contributed by atoms with E-state index in [1.165, 1.54) is 0 Å². The Hall–Kier alpha value is -1.14. The van der Waals surface area contributed by atoms with Gasteiger partial charge in [0.25, 0.3) is 0 Å². The number of ether oxygens (including phenoxy) is 1. The standard InChI is InChI=1S/C12H20N2O4/c1-2-13-5-3-4-9(6-13)14-7-10(12(16)17)18-8-11(14)15/h9-10H,2-8H2,1H3,(H,16,17). The molecule has 2 fully saturated rings. The number of carbonyl (C=O) groups excluding carboxylic acids is 1. The van der Waals surface area contributed by atoms with E-state index in [4.69, 9.17) is 9.84 Å². The molecule has 2 atom stereocenters. The average molecular weight is 256 g/mol. The first-order valence-corrected chi connectivity index (χ1v) is 6.48. The molecule has 0 spiro atoms. The van der Waals surface area contributed by atoms with E-state index in [0.29, 0.717) is 0 Å². The van der Waals surface area contributed by atoms with Gasteiger partial charge in [0.15, 0.2) is 6.10 Å². The van der Waals surface area contributed by atoms with Crippen molar-refractivity contribution >= 4 is 11.9 Å². The Labute approximate surface area is 106 Å². The topological polar surface area (TPSA) is 70.1 Å². The molecule has 2 aliphatic rings. The minimum absolute atomic E-state index is 0.0875. The lowest BCUT2D eigenvalue weighted by Crippen LogP contribution is -2.57. The molecule has 2 saturated heterocycles. The van der Waals surface area contributed by atoms with Crippen LogP contribution in [0.4, 0.5) is 0 Å². The van der Waals surface area contributed by atoms with Crippen molar-refractivity contribution < 1.29 is 19.4 Å². The predicted octanol–water partition coefficient (Wildman–Crippen LogP) is -0.217. The van der Waals surface area contributed by atoms with Crippen LogP contribution in [0, 0.1) is 0 Å². The van der Waals surface area contributed by atoms with Crippen LogP contribution in [0.3, 0.4) is 0 Å². The molecule has 0 aromatic rings. The van der Waals surface area contributed by atoms with Crippen LogP contribution in [-0.2, 0) is 14.3 Å². The zero-order valence-corrected chi connectivity index (χ0v) is 10.7. The molecular formula is C12H20N2O4. The van der Waals surface area contributed by atoms with Gasteiger partial charge in [0, 0.05) is 12.6 Å². The van der Waals surface area contributed by atoms with Gasteiger partial charge in [-0.1, -0.05) is 6.92 Å². The number of hydrogen-bond donors (Lipinski definition) is 1. The molecule has 0 aliphatic carbocycles. The van der Waals surface area contributed by atoms with Gasteiger partial charge in [-0.05, 0) is 25.9 Å². The second-order valence-electron chi connectivity index (χ2n) is 4.87. The number of aliphatic carboxylic acids is 1. The second kappa shape index (κ2) is 5.67. The number of amides is 1. The van der Waals surface area contributed by atoms with Crippen molar-refractivity contribution in [1.29, 1.82) is 0 Å². The number of likely N-dealkylation sites (N-methyl/N-ethyl adjacent to an activating group) is 1. The van der Waals surface area contributed by atoms with Crippen molar-refractivity contribution in [3.05, 3.63) is 0 Å². The van der Waals surface area contributed by atoms with Gasteiger partial charge in [-0.15, -0.1) is 0 Å². The van der Waals surface area contributed by atoms with E-state index < -0.39 is 12.1 Å². The SMILES string of the molecule is CCN1CCCC(N2CC(C(=O)O)OCC2=O)C1. The van der Waals surface area contributed by atoms with Crippen LogP contribution < -0.4 is 0 Å². The molecule has 1 N–H and O–H groups in total. The molecule has 2 rings (SSSR count). The quantitative estimate of drug-likeness (QED) is 0.756. The summed E-state index contributed by atoms with van der Waals surface area (Å²) in [6.45, 7) is 5.04. The van der Waals surface area contributed by atoms with E-state index in [1.54, 1.807) is 4.90 Å². The average Bonchev–Trinajstić information content (AvgIpc) is 2.39. The third-order valence-corrected chi connectivity index (χ3v) is 3.73. The molecule has 6 nitrogen and oxygen atoms in total. The highest BCUT2D eigenvalue weighted by Gasteiger charge is 2.36. The number of carboxylic acids is 1. The zero-order valence-electron chi connectivity index (χ0n) is 10.7. The molecule has 2 heterocycles. The third kappa shape index (κ3) is 2.81. The number of rotatable bonds is 3. The molecule has 2 unspecified atom stereocenters. The van der Waals surface area contributed by atoms with Gasteiger partial charge in [0.05, 0.1) is 6.54 Å². The minimum atomic E-state index is -0.990. The highest BCUT2D eigenvalue weighted by Crippen LogP contribution is 2.19. The normalized spacial score (nSPS) is 30.5. The number of piperidine rings is 1. The number of carboxylic acid groups (broad SMARTS) is 1. The predicted molar refractivity (Wildman–Crippen MR) is 64.2 cm³/mol. The van der Waals surface area contributed by atoms with Crippen molar-refractivity contribution in [2.24, 2.45) is 0 Å². The van der Waals surface area contributed by atoms with Crippen molar-refractivity contribution in [2.45, 2.75) is 31.9 Å². The summed E-state index contributed by atoms with van der Waals surface area (Å²) in [6.07, 6.45) is 1.13. The van der Waals surface area contributed by atoms with Gasteiger partial charge in [-0.25, -0.2) is 4.79 Å². The molecule has 6 heteroatoms. The summed E-state index contributed by atoms with van der Waals surface area (Å²) in [4.78, 5) is 26.8. The summed E-state index contributed by atoms with van der Waals surface area (Å²) in [5, 5.41) is 8.97. The van der Waals surface area contributed by atoms with Crippen molar-refractivity contribution in [3.63, 3.8) is 0 Å². The van der Waals surface area contributed by atoms with Gasteiger partial charge < -0.3 is 19.6 Å². The first-order valence-electron chi connectivity index (χ1n) is 6.48. The number of nitrogens with zero attached hydrogens (tertiary/aromatic N) is 2. The maximum Gasteiger partial charge on any atom is 0.334 e. The van der Waals surface area contributed by atoms with Crippen LogP contribution in [0.1, 0.15) is 19.8 Å². The van der Waals surface area contributed by atoms with Crippen molar-refractivity contribution in [2.75, 3.05) is 32.8 Å². The molecular weight excluding hydrogens is 236 g/mol. The lowest BCUT2D eigenvalue weighted by atomic mass is 10.0. The highest BCUT2D eigenvalue weighted by atomic mass is 16.5. The van der Waals surface area contributed by atoms with E-state index in [9.17, 15) is 9.59 Å². The molecule has 2 aliphatic heterocycles. The van der Waals surface area contributed by atoms with Gasteiger partial charge >= 0.3 is 5.97 Å². The molecule has 18 heavy (non-hydrogen) atoms. The Kier molecular flexibility index (Phi) is 4.19. The minimum Gasteiger partial charge on any atom is -0.479 e. The maximum absolute atomic E-state index is 11.8. The van der Waals surface area contributed by atoms with E-state index in [1.807, 2.05) is 0 Å². The number of carbonyl (C=O) groups is 2. The summed E-state index contributed by atoms with van der Waals surface area (Å²) in [7, 11) is 0. The van der Waals surface area contributed by atoms with Crippen LogP contribution in [0.15, 0.2) is 0 Å². The number of likely N-dealkylation sites (tertiary alicyclic amines) is 1. The third-order valence-electron chi connectivity index (χ3n) is 3.73. The Bertz CT molecular complexity index is 334.